The molecule has 0 unspecified atom stereocenters. The molecular formula is C7H6ISi. The summed E-state index contributed by atoms with van der Waals surface area (Å²) in [7, 11) is 3.46. The summed E-state index contributed by atoms with van der Waals surface area (Å²) >= 11 is 2.30. The van der Waals surface area contributed by atoms with Crippen LogP contribution in [-0.4, -0.2) is 10.2 Å². The van der Waals surface area contributed by atoms with Crippen LogP contribution in [0.15, 0.2) is 18.2 Å². The highest BCUT2D eigenvalue weighted by Crippen LogP contribution is 2.03. The van der Waals surface area contributed by atoms with Gasteiger partial charge in [0, 0.05) is 3.57 Å². The first-order valence-corrected chi connectivity index (χ1v) is 4.25. The zero-order valence-electron chi connectivity index (χ0n) is 5.11. The summed E-state index contributed by atoms with van der Waals surface area (Å²) in [5.41, 5.74) is 1.30. The maximum absolute atomic E-state index is 3.46. The molecule has 0 saturated carbocycles. The van der Waals surface area contributed by atoms with E-state index in [1.165, 1.54) is 9.13 Å². The minimum absolute atomic E-state index is 1.15. The molecule has 0 heterocycles. The molecule has 0 aliphatic rings. The van der Waals surface area contributed by atoms with Crippen LogP contribution in [0.3, 0.4) is 0 Å². The highest BCUT2D eigenvalue weighted by molar-refractivity contribution is 14.1. The standard InChI is InChI=1S/C7H6ISi/c1-5-2-6(8)4-7(9)3-5/h2-4H,1H3. The Bertz CT molecular complexity index is 170. The third kappa shape index (κ3) is 2.10. The van der Waals surface area contributed by atoms with Crippen molar-refractivity contribution in [3.05, 3.63) is 27.3 Å². The first-order valence-electron chi connectivity index (χ1n) is 2.67. The predicted molar refractivity (Wildman–Crippen MR) is 49.3 cm³/mol. The summed E-state index contributed by atoms with van der Waals surface area (Å²) in [5, 5.41) is 1.15. The summed E-state index contributed by atoms with van der Waals surface area (Å²) in [5.74, 6) is 0. The lowest BCUT2D eigenvalue weighted by Gasteiger charge is -1.95. The molecule has 0 N–H and O–H groups in total. The van der Waals surface area contributed by atoms with Crippen LogP contribution < -0.4 is 5.19 Å². The average molecular weight is 245 g/mol. The molecule has 0 amide bonds. The van der Waals surface area contributed by atoms with Crippen molar-refractivity contribution in [2.24, 2.45) is 0 Å². The van der Waals surface area contributed by atoms with E-state index < -0.39 is 0 Å². The Morgan fingerprint density at radius 3 is 2.44 bits per heavy atom. The Balaban J connectivity index is 3.17. The number of rotatable bonds is 0. The molecule has 1 aromatic carbocycles. The highest BCUT2D eigenvalue weighted by Gasteiger charge is 1.88. The molecule has 0 fully saturated rings. The average Bonchev–Trinajstić information content (AvgIpc) is 1.59. The molecule has 0 aliphatic heterocycles. The Kier molecular flexibility index (Phi) is 2.29. The Hall–Kier alpha value is 0.167. The number of benzene rings is 1. The van der Waals surface area contributed by atoms with Crippen LogP contribution in [0.2, 0.25) is 0 Å². The second kappa shape index (κ2) is 2.83. The van der Waals surface area contributed by atoms with Gasteiger partial charge in [0.2, 0.25) is 0 Å². The molecule has 9 heavy (non-hydrogen) atoms. The van der Waals surface area contributed by atoms with Gasteiger partial charge in [-0.3, -0.25) is 0 Å². The lowest BCUT2D eigenvalue weighted by molar-refractivity contribution is 1.47. The van der Waals surface area contributed by atoms with Gasteiger partial charge in [0.1, 0.15) is 0 Å². The molecule has 1 rings (SSSR count). The van der Waals surface area contributed by atoms with Crippen LogP contribution in [0.4, 0.5) is 0 Å². The molecule has 0 saturated heterocycles. The molecule has 0 bridgehead atoms. The SMILES string of the molecule is Cc1cc([Si])cc(I)c1. The summed E-state index contributed by atoms with van der Waals surface area (Å²) in [6, 6.07) is 6.33. The zero-order valence-corrected chi connectivity index (χ0v) is 8.27. The van der Waals surface area contributed by atoms with Gasteiger partial charge < -0.3 is 0 Å². The van der Waals surface area contributed by atoms with Crippen molar-refractivity contribution in [2.75, 3.05) is 0 Å². The fraction of sp³-hybridized carbons (Fsp3) is 0.143. The monoisotopic (exact) mass is 245 g/mol. The summed E-state index contributed by atoms with van der Waals surface area (Å²) in [6.07, 6.45) is 0. The van der Waals surface area contributed by atoms with E-state index in [9.17, 15) is 0 Å². The van der Waals surface area contributed by atoms with Crippen LogP contribution in [0.5, 0.6) is 0 Å². The topological polar surface area (TPSA) is 0 Å². The maximum Gasteiger partial charge on any atom is 0.0712 e. The smallest absolute Gasteiger partial charge is 0.0661 e. The van der Waals surface area contributed by atoms with Crippen molar-refractivity contribution in [1.82, 2.24) is 0 Å². The van der Waals surface area contributed by atoms with Gasteiger partial charge in [0.05, 0.1) is 10.2 Å². The maximum atomic E-state index is 3.46. The van der Waals surface area contributed by atoms with Crippen molar-refractivity contribution in [2.45, 2.75) is 6.92 Å². The van der Waals surface area contributed by atoms with Crippen LogP contribution in [-0.2, 0) is 0 Å². The predicted octanol–water partition coefficient (Wildman–Crippen LogP) is 1.39. The van der Waals surface area contributed by atoms with Gasteiger partial charge in [0.15, 0.2) is 0 Å². The molecule has 0 atom stereocenters. The van der Waals surface area contributed by atoms with E-state index in [0.717, 1.165) is 5.19 Å². The van der Waals surface area contributed by atoms with E-state index in [4.69, 9.17) is 0 Å². The minimum Gasteiger partial charge on any atom is -0.0661 e. The largest absolute Gasteiger partial charge is 0.0712 e. The Morgan fingerprint density at radius 1 is 1.33 bits per heavy atom. The van der Waals surface area contributed by atoms with E-state index in [1.807, 2.05) is 0 Å². The first kappa shape index (κ1) is 7.28. The molecule has 0 aromatic heterocycles. The lowest BCUT2D eigenvalue weighted by atomic mass is 10.2. The van der Waals surface area contributed by atoms with E-state index in [-0.39, 0.29) is 0 Å². The highest BCUT2D eigenvalue weighted by atomic mass is 127. The quantitative estimate of drug-likeness (QED) is 0.478. The number of hydrogen-bond acceptors (Lipinski definition) is 0. The van der Waals surface area contributed by atoms with Crippen molar-refractivity contribution in [3.63, 3.8) is 0 Å². The lowest BCUT2D eigenvalue weighted by Crippen LogP contribution is -2.02. The van der Waals surface area contributed by atoms with Crippen LogP contribution in [0.25, 0.3) is 0 Å². The van der Waals surface area contributed by atoms with E-state index in [1.54, 1.807) is 0 Å². The van der Waals surface area contributed by atoms with Crippen LogP contribution in [0.1, 0.15) is 5.56 Å². The van der Waals surface area contributed by atoms with E-state index in [0.29, 0.717) is 0 Å². The number of aryl methyl sites for hydroxylation is 1. The normalized spacial score (nSPS) is 9.67. The van der Waals surface area contributed by atoms with Gasteiger partial charge in [-0.15, -0.1) is 0 Å². The van der Waals surface area contributed by atoms with Gasteiger partial charge >= 0.3 is 0 Å². The third-order valence-electron chi connectivity index (χ3n) is 1.04. The summed E-state index contributed by atoms with van der Waals surface area (Å²) in [4.78, 5) is 0. The van der Waals surface area contributed by atoms with E-state index in [2.05, 4.69) is 58.0 Å². The van der Waals surface area contributed by atoms with Gasteiger partial charge in [-0.2, -0.15) is 0 Å². The van der Waals surface area contributed by atoms with Crippen molar-refractivity contribution < 1.29 is 0 Å². The molecule has 1 aromatic rings. The fourth-order valence-electron chi connectivity index (χ4n) is 0.736. The molecule has 2 heteroatoms. The molecule has 3 radical (unpaired) electrons. The number of hydrogen-bond donors (Lipinski definition) is 0. The molecule has 0 spiro atoms. The third-order valence-corrected chi connectivity index (χ3v) is 1.95. The molecular weight excluding hydrogens is 239 g/mol. The first-order chi connectivity index (χ1) is 4.18. The molecule has 45 valence electrons. The molecule has 0 aliphatic carbocycles. The van der Waals surface area contributed by atoms with Crippen LogP contribution >= 0.6 is 22.6 Å². The second-order valence-corrected chi connectivity index (χ2v) is 3.84. The second-order valence-electron chi connectivity index (χ2n) is 2.02. The van der Waals surface area contributed by atoms with Gasteiger partial charge in [-0.25, -0.2) is 0 Å². The van der Waals surface area contributed by atoms with Crippen molar-refractivity contribution in [3.8, 4) is 0 Å². The molecule has 0 nitrogen and oxygen atoms in total. The summed E-state index contributed by atoms with van der Waals surface area (Å²) in [6.45, 7) is 2.09. The van der Waals surface area contributed by atoms with Crippen LogP contribution in [0, 0.1) is 10.5 Å². The van der Waals surface area contributed by atoms with Crippen molar-refractivity contribution in [1.29, 1.82) is 0 Å². The van der Waals surface area contributed by atoms with Gasteiger partial charge in [-0.1, -0.05) is 22.9 Å². The van der Waals surface area contributed by atoms with Crippen molar-refractivity contribution >= 4 is 38.0 Å². The minimum atomic E-state index is 1.15. The Morgan fingerprint density at radius 2 is 2.00 bits per heavy atom. The van der Waals surface area contributed by atoms with Gasteiger partial charge in [0.25, 0.3) is 0 Å². The summed E-state index contributed by atoms with van der Waals surface area (Å²) < 4.78 is 1.28. The fourth-order valence-corrected chi connectivity index (χ4v) is 2.24. The zero-order chi connectivity index (χ0) is 6.85. The van der Waals surface area contributed by atoms with E-state index >= 15 is 0 Å². The van der Waals surface area contributed by atoms with Gasteiger partial charge in [-0.05, 0) is 35.6 Å². The Labute approximate surface area is 72.2 Å². The number of halogens is 1.